The molecular formula is C18H23FN4. The predicted molar refractivity (Wildman–Crippen MR) is 90.0 cm³/mol. The highest BCUT2D eigenvalue weighted by Crippen LogP contribution is 2.17. The summed E-state index contributed by atoms with van der Waals surface area (Å²) in [6.45, 7) is 8.66. The van der Waals surface area contributed by atoms with Crippen molar-refractivity contribution in [3.05, 3.63) is 53.2 Å². The lowest BCUT2D eigenvalue weighted by Crippen LogP contribution is -2.46. The topological polar surface area (TPSA) is 32.3 Å². The van der Waals surface area contributed by atoms with Crippen molar-refractivity contribution < 1.29 is 4.39 Å². The second kappa shape index (κ2) is 7.04. The lowest BCUT2D eigenvalue weighted by molar-refractivity contribution is 0.249. The van der Waals surface area contributed by atoms with Crippen LogP contribution in [0.3, 0.4) is 0 Å². The van der Waals surface area contributed by atoms with Crippen LogP contribution in [-0.2, 0) is 13.0 Å². The first kappa shape index (κ1) is 15.9. The van der Waals surface area contributed by atoms with Crippen molar-refractivity contribution in [3.63, 3.8) is 0 Å². The minimum atomic E-state index is -0.162. The summed E-state index contributed by atoms with van der Waals surface area (Å²) in [4.78, 5) is 13.7. The van der Waals surface area contributed by atoms with Gasteiger partial charge < -0.3 is 4.90 Å². The van der Waals surface area contributed by atoms with Crippen LogP contribution in [-0.4, -0.2) is 41.0 Å². The second-order valence-corrected chi connectivity index (χ2v) is 6.01. The van der Waals surface area contributed by atoms with E-state index in [9.17, 15) is 4.39 Å². The lowest BCUT2D eigenvalue weighted by Gasteiger charge is -2.35. The molecule has 0 unspecified atom stereocenters. The zero-order chi connectivity index (χ0) is 16.2. The normalized spacial score (nSPS) is 15.9. The van der Waals surface area contributed by atoms with Crippen LogP contribution in [0.2, 0.25) is 0 Å². The van der Waals surface area contributed by atoms with Crippen molar-refractivity contribution in [2.24, 2.45) is 0 Å². The Morgan fingerprint density at radius 2 is 1.87 bits per heavy atom. The van der Waals surface area contributed by atoms with Crippen molar-refractivity contribution in [1.82, 2.24) is 14.9 Å². The molecule has 0 bridgehead atoms. The average molecular weight is 314 g/mol. The van der Waals surface area contributed by atoms with E-state index in [-0.39, 0.29) is 5.82 Å². The molecule has 4 nitrogen and oxygen atoms in total. The zero-order valence-corrected chi connectivity index (χ0v) is 13.8. The standard InChI is InChI=1S/C18H23FN4/c1-3-17-12-18(21-14(2)20-17)23-9-7-22(8-10-23)13-15-5-4-6-16(19)11-15/h4-6,11-12H,3,7-10,13H2,1-2H3. The molecule has 1 aliphatic heterocycles. The first-order chi connectivity index (χ1) is 11.1. The van der Waals surface area contributed by atoms with Gasteiger partial charge in [-0.1, -0.05) is 19.1 Å². The Balaban J connectivity index is 1.61. The molecule has 0 spiro atoms. The predicted octanol–water partition coefficient (Wildman–Crippen LogP) is 2.81. The Kier molecular flexibility index (Phi) is 4.86. The van der Waals surface area contributed by atoms with Gasteiger partial charge in [0.05, 0.1) is 0 Å². The third kappa shape index (κ3) is 4.05. The summed E-state index contributed by atoms with van der Waals surface area (Å²) in [7, 11) is 0. The Morgan fingerprint density at radius 3 is 2.57 bits per heavy atom. The minimum absolute atomic E-state index is 0.162. The van der Waals surface area contributed by atoms with E-state index in [1.54, 1.807) is 12.1 Å². The summed E-state index contributed by atoms with van der Waals surface area (Å²) in [5, 5.41) is 0. The van der Waals surface area contributed by atoms with Gasteiger partial charge >= 0.3 is 0 Å². The van der Waals surface area contributed by atoms with E-state index >= 15 is 0 Å². The third-order valence-corrected chi connectivity index (χ3v) is 4.23. The highest BCUT2D eigenvalue weighted by atomic mass is 19.1. The number of aryl methyl sites for hydroxylation is 2. The molecule has 122 valence electrons. The van der Waals surface area contributed by atoms with Crippen LogP contribution in [0.4, 0.5) is 10.2 Å². The van der Waals surface area contributed by atoms with Crippen molar-refractivity contribution in [3.8, 4) is 0 Å². The first-order valence-corrected chi connectivity index (χ1v) is 8.20. The quantitative estimate of drug-likeness (QED) is 0.869. The van der Waals surface area contributed by atoms with Crippen LogP contribution in [0.5, 0.6) is 0 Å². The fourth-order valence-electron chi connectivity index (χ4n) is 2.98. The van der Waals surface area contributed by atoms with E-state index in [1.807, 2.05) is 13.0 Å². The first-order valence-electron chi connectivity index (χ1n) is 8.20. The van der Waals surface area contributed by atoms with Crippen molar-refractivity contribution in [2.45, 2.75) is 26.8 Å². The summed E-state index contributed by atoms with van der Waals surface area (Å²) in [6.07, 6.45) is 0.926. The largest absolute Gasteiger partial charge is 0.354 e. The lowest BCUT2D eigenvalue weighted by atomic mass is 10.2. The van der Waals surface area contributed by atoms with E-state index in [2.05, 4.69) is 32.8 Å². The monoisotopic (exact) mass is 314 g/mol. The number of hydrogen-bond donors (Lipinski definition) is 0. The molecule has 1 fully saturated rings. The van der Waals surface area contributed by atoms with Gasteiger partial charge in [-0.2, -0.15) is 0 Å². The average Bonchev–Trinajstić information content (AvgIpc) is 2.55. The molecule has 5 heteroatoms. The SMILES string of the molecule is CCc1cc(N2CCN(Cc3cccc(F)c3)CC2)nc(C)n1. The molecule has 0 amide bonds. The molecule has 1 aromatic heterocycles. The molecule has 0 aliphatic carbocycles. The van der Waals surface area contributed by atoms with Gasteiger partial charge in [0.15, 0.2) is 0 Å². The molecule has 2 heterocycles. The van der Waals surface area contributed by atoms with E-state index in [1.165, 1.54) is 6.07 Å². The highest BCUT2D eigenvalue weighted by molar-refractivity contribution is 5.40. The van der Waals surface area contributed by atoms with Crippen LogP contribution in [0.1, 0.15) is 24.0 Å². The van der Waals surface area contributed by atoms with Gasteiger partial charge in [0.2, 0.25) is 0 Å². The summed E-state index contributed by atoms with van der Waals surface area (Å²) >= 11 is 0. The van der Waals surface area contributed by atoms with E-state index in [0.29, 0.717) is 0 Å². The van der Waals surface area contributed by atoms with Gasteiger partial charge in [0, 0.05) is 44.5 Å². The maximum absolute atomic E-state index is 13.3. The Hall–Kier alpha value is -2.01. The van der Waals surface area contributed by atoms with Crippen LogP contribution in [0, 0.1) is 12.7 Å². The maximum atomic E-state index is 13.3. The van der Waals surface area contributed by atoms with Gasteiger partial charge in [-0.05, 0) is 31.0 Å². The molecule has 0 N–H and O–H groups in total. The highest BCUT2D eigenvalue weighted by Gasteiger charge is 2.19. The van der Waals surface area contributed by atoms with E-state index < -0.39 is 0 Å². The fraction of sp³-hybridized carbons (Fsp3) is 0.444. The van der Waals surface area contributed by atoms with E-state index in [4.69, 9.17) is 0 Å². The molecule has 1 aromatic carbocycles. The number of nitrogens with zero attached hydrogens (tertiary/aromatic N) is 4. The molecule has 0 saturated carbocycles. The maximum Gasteiger partial charge on any atom is 0.132 e. The van der Waals surface area contributed by atoms with Gasteiger partial charge in [-0.15, -0.1) is 0 Å². The van der Waals surface area contributed by atoms with E-state index in [0.717, 1.165) is 62.0 Å². The zero-order valence-electron chi connectivity index (χ0n) is 13.8. The van der Waals surface area contributed by atoms with Crippen LogP contribution >= 0.6 is 0 Å². The fourth-order valence-corrected chi connectivity index (χ4v) is 2.98. The second-order valence-electron chi connectivity index (χ2n) is 6.01. The number of anilines is 1. The molecule has 3 rings (SSSR count). The van der Waals surface area contributed by atoms with Crippen molar-refractivity contribution in [1.29, 1.82) is 0 Å². The van der Waals surface area contributed by atoms with Crippen LogP contribution in [0.25, 0.3) is 0 Å². The molecular weight excluding hydrogens is 291 g/mol. The third-order valence-electron chi connectivity index (χ3n) is 4.23. The molecule has 0 atom stereocenters. The van der Waals surface area contributed by atoms with Gasteiger partial charge in [-0.3, -0.25) is 4.90 Å². The van der Waals surface area contributed by atoms with Gasteiger partial charge in [0.1, 0.15) is 17.5 Å². The summed E-state index contributed by atoms with van der Waals surface area (Å²) in [5.41, 5.74) is 2.12. The molecule has 0 radical (unpaired) electrons. The number of rotatable bonds is 4. The summed E-state index contributed by atoms with van der Waals surface area (Å²) in [6, 6.07) is 8.96. The minimum Gasteiger partial charge on any atom is -0.354 e. The molecule has 1 aliphatic rings. The Morgan fingerprint density at radius 1 is 1.09 bits per heavy atom. The summed E-state index contributed by atoms with van der Waals surface area (Å²) < 4.78 is 13.3. The molecule has 23 heavy (non-hydrogen) atoms. The Labute approximate surface area is 137 Å². The van der Waals surface area contributed by atoms with Crippen molar-refractivity contribution in [2.75, 3.05) is 31.1 Å². The van der Waals surface area contributed by atoms with Gasteiger partial charge in [-0.25, -0.2) is 14.4 Å². The number of hydrogen-bond acceptors (Lipinski definition) is 4. The van der Waals surface area contributed by atoms with Crippen molar-refractivity contribution >= 4 is 5.82 Å². The number of benzene rings is 1. The Bertz CT molecular complexity index is 666. The summed E-state index contributed by atoms with van der Waals surface area (Å²) in [5.74, 6) is 1.70. The van der Waals surface area contributed by atoms with Gasteiger partial charge in [0.25, 0.3) is 0 Å². The number of aromatic nitrogens is 2. The molecule has 2 aromatic rings. The van der Waals surface area contributed by atoms with Crippen LogP contribution in [0.15, 0.2) is 30.3 Å². The molecule has 1 saturated heterocycles. The van der Waals surface area contributed by atoms with Crippen LogP contribution < -0.4 is 4.90 Å². The number of piperazine rings is 1. The smallest absolute Gasteiger partial charge is 0.132 e. The number of halogens is 1.